The molecule has 0 radical (unpaired) electrons. The zero-order chi connectivity index (χ0) is 17.9. The minimum absolute atomic E-state index is 0.0368. The van der Waals surface area contributed by atoms with Gasteiger partial charge in [-0.1, -0.05) is 12.1 Å². The summed E-state index contributed by atoms with van der Waals surface area (Å²) in [6.45, 7) is 0. The van der Waals surface area contributed by atoms with Crippen LogP contribution in [0.4, 0.5) is 4.39 Å². The number of ether oxygens (including phenoxy) is 1. The van der Waals surface area contributed by atoms with Crippen LogP contribution in [-0.2, 0) is 5.60 Å². The molecule has 0 bridgehead atoms. The van der Waals surface area contributed by atoms with Gasteiger partial charge in [-0.2, -0.15) is 0 Å². The maximum Gasteiger partial charge on any atom is 0.270 e. The molecule has 1 fully saturated rings. The fraction of sp³-hybridized carbons (Fsp3) is 0.368. The Kier molecular flexibility index (Phi) is 4.99. The van der Waals surface area contributed by atoms with Crippen LogP contribution in [0.2, 0.25) is 0 Å². The van der Waals surface area contributed by atoms with Crippen molar-refractivity contribution in [3.8, 4) is 5.75 Å². The van der Waals surface area contributed by atoms with Gasteiger partial charge in [0.2, 0.25) is 0 Å². The molecule has 0 atom stereocenters. The number of rotatable bonds is 4. The van der Waals surface area contributed by atoms with Crippen LogP contribution in [0.3, 0.4) is 0 Å². The molecular formula is C19H21FN2O3. The molecule has 5 nitrogen and oxygen atoms in total. The lowest BCUT2D eigenvalue weighted by Crippen LogP contribution is -2.42. The van der Waals surface area contributed by atoms with Crippen LogP contribution in [-0.4, -0.2) is 29.1 Å². The van der Waals surface area contributed by atoms with E-state index in [0.29, 0.717) is 42.7 Å². The number of hydrogen-bond acceptors (Lipinski definition) is 4. The van der Waals surface area contributed by atoms with Crippen molar-refractivity contribution in [2.45, 2.75) is 37.3 Å². The van der Waals surface area contributed by atoms with Crippen molar-refractivity contribution >= 4 is 5.91 Å². The van der Waals surface area contributed by atoms with E-state index in [1.54, 1.807) is 31.4 Å². The summed E-state index contributed by atoms with van der Waals surface area (Å²) in [6, 6.07) is 9.34. The van der Waals surface area contributed by atoms with Gasteiger partial charge in [0.1, 0.15) is 17.3 Å². The third kappa shape index (κ3) is 3.96. The number of benzene rings is 1. The van der Waals surface area contributed by atoms with E-state index >= 15 is 0 Å². The number of carbonyl (C=O) groups is 1. The van der Waals surface area contributed by atoms with Crippen LogP contribution < -0.4 is 10.1 Å². The normalized spacial score (nSPS) is 23.1. The Hall–Kier alpha value is -2.47. The topological polar surface area (TPSA) is 71.5 Å². The van der Waals surface area contributed by atoms with Crippen molar-refractivity contribution in [3.63, 3.8) is 0 Å². The molecule has 1 saturated carbocycles. The van der Waals surface area contributed by atoms with E-state index in [1.807, 2.05) is 0 Å². The van der Waals surface area contributed by atoms with Crippen molar-refractivity contribution in [2.24, 2.45) is 0 Å². The van der Waals surface area contributed by atoms with Gasteiger partial charge in [-0.15, -0.1) is 0 Å². The second-order valence-electron chi connectivity index (χ2n) is 6.37. The van der Waals surface area contributed by atoms with Gasteiger partial charge in [-0.3, -0.25) is 4.79 Å². The third-order valence-electron chi connectivity index (χ3n) is 4.71. The number of methoxy groups -OCH3 is 1. The largest absolute Gasteiger partial charge is 0.495 e. The lowest BCUT2D eigenvalue weighted by molar-refractivity contribution is -0.00828. The molecule has 0 unspecified atom stereocenters. The second kappa shape index (κ2) is 7.19. The standard InChI is InChI=1S/C19H21FN2O3/c1-25-16-5-6-17(21-12-16)18(23)22-15-7-9-19(24,10-8-15)13-3-2-4-14(20)11-13/h2-6,11-12,15,24H,7-10H2,1H3,(H,22,23). The minimum Gasteiger partial charge on any atom is -0.495 e. The molecule has 1 heterocycles. The molecule has 1 aromatic heterocycles. The molecule has 1 amide bonds. The molecule has 132 valence electrons. The fourth-order valence-electron chi connectivity index (χ4n) is 3.20. The highest BCUT2D eigenvalue weighted by molar-refractivity contribution is 5.92. The van der Waals surface area contributed by atoms with Crippen molar-refractivity contribution < 1.29 is 19.0 Å². The summed E-state index contributed by atoms with van der Waals surface area (Å²) in [4.78, 5) is 16.3. The first-order valence-electron chi connectivity index (χ1n) is 8.29. The van der Waals surface area contributed by atoms with Crippen LogP contribution >= 0.6 is 0 Å². The molecule has 1 aliphatic carbocycles. The number of halogens is 1. The molecule has 3 rings (SSSR count). The van der Waals surface area contributed by atoms with Crippen LogP contribution in [0.1, 0.15) is 41.7 Å². The molecule has 2 N–H and O–H groups in total. The Labute approximate surface area is 145 Å². The average Bonchev–Trinajstić information content (AvgIpc) is 2.64. The first-order chi connectivity index (χ1) is 12.0. The van der Waals surface area contributed by atoms with Crippen LogP contribution in [0.5, 0.6) is 5.75 Å². The Balaban J connectivity index is 1.59. The van der Waals surface area contributed by atoms with Crippen molar-refractivity contribution in [1.29, 1.82) is 0 Å². The summed E-state index contributed by atoms with van der Waals surface area (Å²) in [6.07, 6.45) is 3.68. The number of nitrogens with one attached hydrogen (secondary N) is 1. The fourth-order valence-corrected chi connectivity index (χ4v) is 3.20. The summed E-state index contributed by atoms with van der Waals surface area (Å²) in [7, 11) is 1.54. The van der Waals surface area contributed by atoms with Crippen LogP contribution in [0, 0.1) is 5.82 Å². The molecule has 2 aromatic rings. The summed E-state index contributed by atoms with van der Waals surface area (Å²) in [5.74, 6) is -0.00912. The van der Waals surface area contributed by atoms with E-state index in [-0.39, 0.29) is 17.8 Å². The van der Waals surface area contributed by atoms with Gasteiger partial charge >= 0.3 is 0 Å². The van der Waals surface area contributed by atoms with Crippen LogP contribution in [0.25, 0.3) is 0 Å². The number of hydrogen-bond donors (Lipinski definition) is 2. The number of nitrogens with zero attached hydrogens (tertiary/aromatic N) is 1. The highest BCUT2D eigenvalue weighted by Crippen LogP contribution is 2.37. The smallest absolute Gasteiger partial charge is 0.270 e. The van der Waals surface area contributed by atoms with Gasteiger partial charge in [0.15, 0.2) is 0 Å². The number of aliphatic hydroxyl groups is 1. The minimum atomic E-state index is -1.04. The van der Waals surface area contributed by atoms with Gasteiger partial charge < -0.3 is 15.2 Å². The van der Waals surface area contributed by atoms with E-state index in [1.165, 1.54) is 18.3 Å². The van der Waals surface area contributed by atoms with Gasteiger partial charge in [0.05, 0.1) is 18.9 Å². The predicted molar refractivity (Wildman–Crippen MR) is 90.8 cm³/mol. The van der Waals surface area contributed by atoms with E-state index < -0.39 is 5.60 Å². The number of aromatic nitrogens is 1. The van der Waals surface area contributed by atoms with Gasteiger partial charge in [-0.25, -0.2) is 9.37 Å². The van der Waals surface area contributed by atoms with E-state index in [2.05, 4.69) is 10.3 Å². The first-order valence-corrected chi connectivity index (χ1v) is 8.29. The molecule has 0 saturated heterocycles. The molecule has 25 heavy (non-hydrogen) atoms. The van der Waals surface area contributed by atoms with Gasteiger partial charge in [0.25, 0.3) is 5.91 Å². The third-order valence-corrected chi connectivity index (χ3v) is 4.71. The maximum atomic E-state index is 13.4. The quantitative estimate of drug-likeness (QED) is 0.895. The lowest BCUT2D eigenvalue weighted by atomic mass is 9.77. The Bertz CT molecular complexity index is 741. The SMILES string of the molecule is COc1ccc(C(=O)NC2CCC(O)(c3cccc(F)c3)CC2)nc1. The van der Waals surface area contributed by atoms with Gasteiger partial charge in [0, 0.05) is 6.04 Å². The number of carbonyl (C=O) groups excluding carboxylic acids is 1. The number of amides is 1. The van der Waals surface area contributed by atoms with Gasteiger partial charge in [-0.05, 0) is 55.5 Å². The molecule has 1 aromatic carbocycles. The predicted octanol–water partition coefficient (Wildman–Crippen LogP) is 2.79. The molecule has 0 spiro atoms. The zero-order valence-corrected chi connectivity index (χ0v) is 14.0. The summed E-state index contributed by atoms with van der Waals surface area (Å²) >= 11 is 0. The summed E-state index contributed by atoms with van der Waals surface area (Å²) < 4.78 is 18.4. The summed E-state index contributed by atoms with van der Waals surface area (Å²) in [5, 5.41) is 13.7. The van der Waals surface area contributed by atoms with Crippen molar-refractivity contribution in [3.05, 3.63) is 59.7 Å². The van der Waals surface area contributed by atoms with Crippen molar-refractivity contribution in [1.82, 2.24) is 10.3 Å². The monoisotopic (exact) mass is 344 g/mol. The molecule has 6 heteroatoms. The second-order valence-corrected chi connectivity index (χ2v) is 6.37. The molecule has 0 aliphatic heterocycles. The Morgan fingerprint density at radius 2 is 2.08 bits per heavy atom. The Morgan fingerprint density at radius 3 is 2.68 bits per heavy atom. The molecular weight excluding hydrogens is 323 g/mol. The highest BCUT2D eigenvalue weighted by atomic mass is 19.1. The van der Waals surface area contributed by atoms with E-state index in [0.717, 1.165) is 0 Å². The maximum absolute atomic E-state index is 13.4. The van der Waals surface area contributed by atoms with Crippen molar-refractivity contribution in [2.75, 3.05) is 7.11 Å². The van der Waals surface area contributed by atoms with Crippen LogP contribution in [0.15, 0.2) is 42.6 Å². The van der Waals surface area contributed by atoms with E-state index in [4.69, 9.17) is 4.74 Å². The Morgan fingerprint density at radius 1 is 1.32 bits per heavy atom. The van der Waals surface area contributed by atoms with E-state index in [9.17, 15) is 14.3 Å². The average molecular weight is 344 g/mol. The first kappa shape index (κ1) is 17.4. The number of pyridine rings is 1. The zero-order valence-electron chi connectivity index (χ0n) is 14.0. The highest BCUT2D eigenvalue weighted by Gasteiger charge is 2.35. The summed E-state index contributed by atoms with van der Waals surface area (Å²) in [5.41, 5.74) is -0.123. The molecule has 1 aliphatic rings. The lowest BCUT2D eigenvalue weighted by Gasteiger charge is -2.36.